The Hall–Kier alpha value is -1.92. The van der Waals surface area contributed by atoms with Crippen molar-refractivity contribution >= 4 is 23.7 Å². The molecule has 7 heteroatoms. The molecule has 0 saturated heterocycles. The first-order valence-electron chi connectivity index (χ1n) is 7.78. The summed E-state index contributed by atoms with van der Waals surface area (Å²) in [5.74, 6) is -3.43. The van der Waals surface area contributed by atoms with Crippen LogP contribution in [0.4, 0.5) is 0 Å². The average Bonchev–Trinajstić information content (AvgIpc) is 2.54. The van der Waals surface area contributed by atoms with Crippen molar-refractivity contribution in [2.45, 2.75) is 39.0 Å². The summed E-state index contributed by atoms with van der Waals surface area (Å²) < 4.78 is 14.1. The zero-order valence-electron chi connectivity index (χ0n) is 13.8. The van der Waals surface area contributed by atoms with Gasteiger partial charge in [0.25, 0.3) is 0 Å². The first-order chi connectivity index (χ1) is 10.9. The van der Waals surface area contributed by atoms with Crippen LogP contribution in [0.1, 0.15) is 39.0 Å². The second-order valence-electron chi connectivity index (χ2n) is 5.57. The topological polar surface area (TPSA) is 96.0 Å². The van der Waals surface area contributed by atoms with E-state index in [0.29, 0.717) is 25.9 Å². The van der Waals surface area contributed by atoms with Crippen molar-refractivity contribution in [1.29, 1.82) is 0 Å². The van der Waals surface area contributed by atoms with Crippen molar-refractivity contribution in [3.63, 3.8) is 0 Å². The van der Waals surface area contributed by atoms with Gasteiger partial charge in [-0.05, 0) is 32.1 Å². The van der Waals surface area contributed by atoms with Crippen molar-refractivity contribution in [2.24, 2.45) is 17.8 Å². The van der Waals surface area contributed by atoms with Crippen LogP contribution in [0.2, 0.25) is 0 Å². The molecule has 0 aromatic rings. The Morgan fingerprint density at radius 1 is 1.13 bits per heavy atom. The number of methoxy groups -OCH3 is 2. The minimum absolute atomic E-state index is 0.0386. The summed E-state index contributed by atoms with van der Waals surface area (Å²) >= 11 is 0. The van der Waals surface area contributed by atoms with Crippen LogP contribution in [0.15, 0.2) is 0 Å². The van der Waals surface area contributed by atoms with Gasteiger partial charge in [-0.15, -0.1) is 0 Å². The van der Waals surface area contributed by atoms with Crippen molar-refractivity contribution in [1.82, 2.24) is 0 Å². The van der Waals surface area contributed by atoms with Crippen LogP contribution in [0.5, 0.6) is 0 Å². The van der Waals surface area contributed by atoms with Gasteiger partial charge in [-0.2, -0.15) is 0 Å². The summed E-state index contributed by atoms with van der Waals surface area (Å²) in [6.45, 7) is 2.05. The third-order valence-corrected chi connectivity index (χ3v) is 4.19. The highest BCUT2D eigenvalue weighted by atomic mass is 16.5. The molecule has 0 spiro atoms. The lowest BCUT2D eigenvalue weighted by atomic mass is 9.73. The van der Waals surface area contributed by atoms with Gasteiger partial charge in [0.05, 0.1) is 20.8 Å². The van der Waals surface area contributed by atoms with Gasteiger partial charge in [0.1, 0.15) is 5.78 Å². The molecule has 130 valence electrons. The van der Waals surface area contributed by atoms with Crippen LogP contribution in [0.3, 0.4) is 0 Å². The molecule has 0 heterocycles. The van der Waals surface area contributed by atoms with Gasteiger partial charge < -0.3 is 14.2 Å². The number of hydrogen-bond acceptors (Lipinski definition) is 7. The standard InChI is InChI=1S/C16H24O7/c1-4-23-13(18)8-7-10-5-6-11(9-12(10)17)14(15(19)21-2)16(20)22-3/h10-11,14H,4-9H2,1-3H3. The number of ether oxygens (including phenoxy) is 3. The number of hydrogen-bond donors (Lipinski definition) is 0. The van der Waals surface area contributed by atoms with Crippen LogP contribution < -0.4 is 0 Å². The minimum Gasteiger partial charge on any atom is -0.468 e. The maximum atomic E-state index is 12.2. The molecular formula is C16H24O7. The number of Topliss-reactive ketones (excluding diaryl/α,β-unsaturated/α-hetero) is 1. The molecule has 1 saturated carbocycles. The van der Waals surface area contributed by atoms with E-state index in [1.807, 2.05) is 0 Å². The van der Waals surface area contributed by atoms with Crippen LogP contribution in [-0.4, -0.2) is 44.5 Å². The van der Waals surface area contributed by atoms with E-state index in [1.54, 1.807) is 6.92 Å². The first-order valence-corrected chi connectivity index (χ1v) is 7.78. The molecule has 2 unspecified atom stereocenters. The number of carbonyl (C=O) groups is 4. The molecule has 1 aliphatic rings. The predicted octanol–water partition coefficient (Wildman–Crippen LogP) is 1.28. The molecule has 1 rings (SSSR count). The summed E-state index contributed by atoms with van der Waals surface area (Å²) in [5.41, 5.74) is 0. The quantitative estimate of drug-likeness (QED) is 0.394. The normalized spacial score (nSPS) is 21.0. The molecule has 0 bridgehead atoms. The van der Waals surface area contributed by atoms with Crippen LogP contribution in [0.25, 0.3) is 0 Å². The van der Waals surface area contributed by atoms with Gasteiger partial charge in [0, 0.05) is 18.8 Å². The molecule has 7 nitrogen and oxygen atoms in total. The van der Waals surface area contributed by atoms with Crippen molar-refractivity contribution in [3.8, 4) is 0 Å². The smallest absolute Gasteiger partial charge is 0.320 e. The van der Waals surface area contributed by atoms with Gasteiger partial charge in [-0.3, -0.25) is 19.2 Å². The Balaban J connectivity index is 2.62. The SMILES string of the molecule is CCOC(=O)CCC1CCC(C(C(=O)OC)C(=O)OC)CC1=O. The lowest BCUT2D eigenvalue weighted by Gasteiger charge is -2.30. The van der Waals surface area contributed by atoms with Gasteiger partial charge in [0.2, 0.25) is 0 Å². The highest BCUT2D eigenvalue weighted by Crippen LogP contribution is 2.34. The third-order valence-electron chi connectivity index (χ3n) is 4.19. The zero-order chi connectivity index (χ0) is 17.4. The van der Waals surface area contributed by atoms with Crippen LogP contribution in [-0.2, 0) is 33.4 Å². The fourth-order valence-electron chi connectivity index (χ4n) is 2.95. The summed E-state index contributed by atoms with van der Waals surface area (Å²) in [6.07, 6.45) is 1.82. The average molecular weight is 328 g/mol. The van der Waals surface area contributed by atoms with Crippen molar-refractivity contribution in [2.75, 3.05) is 20.8 Å². The Morgan fingerprint density at radius 3 is 2.22 bits per heavy atom. The van der Waals surface area contributed by atoms with E-state index >= 15 is 0 Å². The molecule has 0 radical (unpaired) electrons. The summed E-state index contributed by atoms with van der Waals surface area (Å²) in [5, 5.41) is 0. The summed E-state index contributed by atoms with van der Waals surface area (Å²) in [4.78, 5) is 47.2. The fraction of sp³-hybridized carbons (Fsp3) is 0.750. The predicted molar refractivity (Wildman–Crippen MR) is 79.2 cm³/mol. The van der Waals surface area contributed by atoms with Gasteiger partial charge in [0.15, 0.2) is 5.92 Å². The Morgan fingerprint density at radius 2 is 1.74 bits per heavy atom. The lowest BCUT2D eigenvalue weighted by Crippen LogP contribution is -2.38. The Labute approximate surface area is 135 Å². The zero-order valence-corrected chi connectivity index (χ0v) is 13.8. The molecule has 2 atom stereocenters. The van der Waals surface area contributed by atoms with E-state index in [4.69, 9.17) is 4.74 Å². The van der Waals surface area contributed by atoms with Crippen LogP contribution >= 0.6 is 0 Å². The van der Waals surface area contributed by atoms with Crippen LogP contribution in [0, 0.1) is 17.8 Å². The molecule has 0 amide bonds. The molecule has 0 aromatic heterocycles. The maximum absolute atomic E-state index is 12.2. The number of carbonyl (C=O) groups excluding carboxylic acids is 4. The van der Waals surface area contributed by atoms with Crippen molar-refractivity contribution < 1.29 is 33.4 Å². The van der Waals surface area contributed by atoms with E-state index < -0.39 is 23.8 Å². The lowest BCUT2D eigenvalue weighted by molar-refractivity contribution is -0.162. The van der Waals surface area contributed by atoms with Gasteiger partial charge in [-0.1, -0.05) is 0 Å². The molecule has 0 N–H and O–H groups in total. The second-order valence-corrected chi connectivity index (χ2v) is 5.57. The maximum Gasteiger partial charge on any atom is 0.320 e. The van der Waals surface area contributed by atoms with E-state index in [1.165, 1.54) is 14.2 Å². The molecule has 0 aliphatic heterocycles. The van der Waals surface area contributed by atoms with E-state index in [9.17, 15) is 19.2 Å². The Kier molecular flexibility index (Phi) is 7.71. The third kappa shape index (κ3) is 5.33. The highest BCUT2D eigenvalue weighted by Gasteiger charge is 2.41. The molecular weight excluding hydrogens is 304 g/mol. The molecule has 0 aromatic carbocycles. The highest BCUT2D eigenvalue weighted by molar-refractivity contribution is 5.96. The Bertz CT molecular complexity index is 441. The van der Waals surface area contributed by atoms with E-state index in [0.717, 1.165) is 0 Å². The van der Waals surface area contributed by atoms with Crippen molar-refractivity contribution in [3.05, 3.63) is 0 Å². The van der Waals surface area contributed by atoms with Gasteiger partial charge in [-0.25, -0.2) is 0 Å². The number of esters is 3. The molecule has 1 fully saturated rings. The van der Waals surface area contributed by atoms with E-state index in [2.05, 4.69) is 9.47 Å². The first kappa shape index (κ1) is 19.1. The summed E-state index contributed by atoms with van der Waals surface area (Å²) in [7, 11) is 2.40. The minimum atomic E-state index is -1.07. The molecule has 1 aliphatic carbocycles. The molecule has 23 heavy (non-hydrogen) atoms. The van der Waals surface area contributed by atoms with Gasteiger partial charge >= 0.3 is 17.9 Å². The monoisotopic (exact) mass is 328 g/mol. The fourth-order valence-corrected chi connectivity index (χ4v) is 2.95. The second kappa shape index (κ2) is 9.27. The number of rotatable bonds is 7. The number of ketones is 1. The largest absolute Gasteiger partial charge is 0.468 e. The van der Waals surface area contributed by atoms with E-state index in [-0.39, 0.29) is 30.5 Å². The summed E-state index contributed by atoms with van der Waals surface area (Å²) in [6, 6.07) is 0.